The van der Waals surface area contributed by atoms with Gasteiger partial charge in [-0.25, -0.2) is 4.98 Å². The fourth-order valence-electron chi connectivity index (χ4n) is 1.09. The first-order valence-electron chi connectivity index (χ1n) is 4.89. The molecule has 0 aromatic carbocycles. The van der Waals surface area contributed by atoms with Crippen molar-refractivity contribution in [2.45, 2.75) is 32.9 Å². The molecule has 1 heterocycles. The van der Waals surface area contributed by atoms with Gasteiger partial charge in [-0.15, -0.1) is 0 Å². The van der Waals surface area contributed by atoms with Crippen molar-refractivity contribution in [2.24, 2.45) is 0 Å². The van der Waals surface area contributed by atoms with Crippen molar-refractivity contribution in [3.05, 3.63) is 23.9 Å². The van der Waals surface area contributed by atoms with Crippen LogP contribution in [0.2, 0.25) is 0 Å². The van der Waals surface area contributed by atoms with Gasteiger partial charge in [-0.1, -0.05) is 0 Å². The Kier molecular flexibility index (Phi) is 3.47. The van der Waals surface area contributed by atoms with Crippen molar-refractivity contribution >= 4 is 5.82 Å². The van der Waals surface area contributed by atoms with Crippen molar-refractivity contribution in [3.63, 3.8) is 0 Å². The molecule has 0 spiro atoms. The molecule has 0 saturated carbocycles. The van der Waals surface area contributed by atoms with Crippen LogP contribution >= 0.6 is 0 Å². The van der Waals surface area contributed by atoms with E-state index in [2.05, 4.69) is 42.5 Å². The van der Waals surface area contributed by atoms with Crippen molar-refractivity contribution in [3.8, 4) is 0 Å². The van der Waals surface area contributed by atoms with Crippen LogP contribution in [0.15, 0.2) is 18.3 Å². The Morgan fingerprint density at radius 1 is 1.36 bits per heavy atom. The first-order chi connectivity index (χ1) is 6.51. The summed E-state index contributed by atoms with van der Waals surface area (Å²) in [6, 6.07) is 4.08. The lowest BCUT2D eigenvalue weighted by Gasteiger charge is -2.20. The summed E-state index contributed by atoms with van der Waals surface area (Å²) < 4.78 is 0. The summed E-state index contributed by atoms with van der Waals surface area (Å²) in [5.74, 6) is 0.915. The van der Waals surface area contributed by atoms with Gasteiger partial charge in [-0.2, -0.15) is 0 Å². The summed E-state index contributed by atoms with van der Waals surface area (Å²) in [6.45, 7) is 7.36. The zero-order valence-electron chi connectivity index (χ0n) is 9.39. The predicted octanol–water partition coefficient (Wildman–Crippen LogP) is 2.01. The summed E-state index contributed by atoms with van der Waals surface area (Å²) in [6.07, 6.45) is 1.82. The minimum absolute atomic E-state index is 0.156. The Balaban J connectivity index is 2.59. The summed E-state index contributed by atoms with van der Waals surface area (Å²) >= 11 is 0. The molecule has 0 amide bonds. The first-order valence-corrected chi connectivity index (χ1v) is 4.89. The van der Waals surface area contributed by atoms with E-state index in [-0.39, 0.29) is 5.54 Å². The number of hydrogen-bond acceptors (Lipinski definition) is 3. The largest absolute Gasteiger partial charge is 0.373 e. The van der Waals surface area contributed by atoms with Gasteiger partial charge in [0.1, 0.15) is 5.82 Å². The zero-order valence-corrected chi connectivity index (χ0v) is 9.39. The van der Waals surface area contributed by atoms with Gasteiger partial charge in [0, 0.05) is 25.3 Å². The number of nitrogens with one attached hydrogen (secondary N) is 2. The Hall–Kier alpha value is -1.09. The Labute approximate surface area is 85.9 Å². The topological polar surface area (TPSA) is 37.0 Å². The smallest absolute Gasteiger partial charge is 0.125 e. The molecule has 2 N–H and O–H groups in total. The van der Waals surface area contributed by atoms with E-state index >= 15 is 0 Å². The van der Waals surface area contributed by atoms with E-state index in [4.69, 9.17) is 0 Å². The number of rotatable bonds is 3. The quantitative estimate of drug-likeness (QED) is 0.771. The molecule has 0 fully saturated rings. The second kappa shape index (κ2) is 4.42. The monoisotopic (exact) mass is 193 g/mol. The van der Waals surface area contributed by atoms with Crippen LogP contribution in [-0.2, 0) is 6.54 Å². The van der Waals surface area contributed by atoms with Gasteiger partial charge < -0.3 is 10.6 Å². The minimum Gasteiger partial charge on any atom is -0.373 e. The van der Waals surface area contributed by atoms with E-state index in [1.807, 2.05) is 19.3 Å². The van der Waals surface area contributed by atoms with E-state index in [0.29, 0.717) is 0 Å². The zero-order chi connectivity index (χ0) is 10.6. The molecule has 1 rings (SSSR count). The van der Waals surface area contributed by atoms with Gasteiger partial charge >= 0.3 is 0 Å². The highest BCUT2D eigenvalue weighted by molar-refractivity contribution is 5.36. The van der Waals surface area contributed by atoms with Crippen LogP contribution in [0, 0.1) is 0 Å². The molecule has 0 atom stereocenters. The standard InChI is InChI=1S/C11H19N3/c1-11(2,3)14-8-9-5-6-13-10(7-9)12-4/h5-7,14H,8H2,1-4H3,(H,12,13). The SMILES string of the molecule is CNc1cc(CNC(C)(C)C)ccn1. The van der Waals surface area contributed by atoms with Crippen LogP contribution < -0.4 is 10.6 Å². The number of nitrogens with zero attached hydrogens (tertiary/aromatic N) is 1. The molecular weight excluding hydrogens is 174 g/mol. The number of hydrogen-bond donors (Lipinski definition) is 2. The fourth-order valence-corrected chi connectivity index (χ4v) is 1.09. The van der Waals surface area contributed by atoms with Crippen LogP contribution in [0.4, 0.5) is 5.82 Å². The molecule has 0 bridgehead atoms. The lowest BCUT2D eigenvalue weighted by molar-refractivity contribution is 0.424. The van der Waals surface area contributed by atoms with Crippen LogP contribution in [0.3, 0.4) is 0 Å². The molecule has 0 aliphatic rings. The molecule has 0 aliphatic heterocycles. The molecule has 0 saturated heterocycles. The van der Waals surface area contributed by atoms with Gasteiger partial charge in [-0.05, 0) is 38.5 Å². The molecule has 0 aliphatic carbocycles. The maximum Gasteiger partial charge on any atom is 0.125 e. The Morgan fingerprint density at radius 2 is 2.07 bits per heavy atom. The summed E-state index contributed by atoms with van der Waals surface area (Å²) in [5.41, 5.74) is 1.41. The molecule has 3 heteroatoms. The average Bonchev–Trinajstić information content (AvgIpc) is 2.14. The van der Waals surface area contributed by atoms with Crippen LogP contribution in [0.5, 0.6) is 0 Å². The van der Waals surface area contributed by atoms with Crippen molar-refractivity contribution in [1.82, 2.24) is 10.3 Å². The second-order valence-corrected chi connectivity index (χ2v) is 4.40. The third-order valence-corrected chi connectivity index (χ3v) is 1.90. The lowest BCUT2D eigenvalue weighted by atomic mass is 10.1. The Morgan fingerprint density at radius 3 is 2.64 bits per heavy atom. The highest BCUT2D eigenvalue weighted by Gasteiger charge is 2.08. The van der Waals surface area contributed by atoms with Crippen molar-refractivity contribution in [2.75, 3.05) is 12.4 Å². The first kappa shape index (κ1) is 11.0. The molecule has 78 valence electrons. The van der Waals surface area contributed by atoms with E-state index in [9.17, 15) is 0 Å². The minimum atomic E-state index is 0.156. The highest BCUT2D eigenvalue weighted by Crippen LogP contribution is 2.07. The molecule has 1 aromatic rings. The normalized spacial score (nSPS) is 11.4. The van der Waals surface area contributed by atoms with Gasteiger partial charge in [0.15, 0.2) is 0 Å². The third kappa shape index (κ3) is 3.75. The van der Waals surface area contributed by atoms with E-state index in [0.717, 1.165) is 12.4 Å². The average molecular weight is 193 g/mol. The molecule has 14 heavy (non-hydrogen) atoms. The van der Waals surface area contributed by atoms with Crippen LogP contribution in [0.25, 0.3) is 0 Å². The number of pyridine rings is 1. The number of anilines is 1. The summed E-state index contributed by atoms with van der Waals surface area (Å²) in [5, 5.41) is 6.46. The highest BCUT2D eigenvalue weighted by atomic mass is 15.0. The summed E-state index contributed by atoms with van der Waals surface area (Å²) in [7, 11) is 1.88. The maximum absolute atomic E-state index is 4.16. The van der Waals surface area contributed by atoms with Gasteiger partial charge in [0.25, 0.3) is 0 Å². The molecule has 0 unspecified atom stereocenters. The van der Waals surface area contributed by atoms with Crippen LogP contribution in [0.1, 0.15) is 26.3 Å². The van der Waals surface area contributed by atoms with Crippen molar-refractivity contribution in [1.29, 1.82) is 0 Å². The predicted molar refractivity (Wildman–Crippen MR) is 60.4 cm³/mol. The molecule has 0 radical (unpaired) electrons. The second-order valence-electron chi connectivity index (χ2n) is 4.40. The molecule has 1 aromatic heterocycles. The molecular formula is C11H19N3. The summed E-state index contributed by atoms with van der Waals surface area (Å²) in [4.78, 5) is 4.16. The third-order valence-electron chi connectivity index (χ3n) is 1.90. The van der Waals surface area contributed by atoms with E-state index < -0.39 is 0 Å². The Bertz CT molecular complexity index is 289. The van der Waals surface area contributed by atoms with Gasteiger partial charge in [-0.3, -0.25) is 0 Å². The maximum atomic E-state index is 4.16. The van der Waals surface area contributed by atoms with Gasteiger partial charge in [0.05, 0.1) is 0 Å². The van der Waals surface area contributed by atoms with Crippen LogP contribution in [-0.4, -0.2) is 17.6 Å². The fraction of sp³-hybridized carbons (Fsp3) is 0.545. The molecule has 3 nitrogen and oxygen atoms in total. The van der Waals surface area contributed by atoms with E-state index in [1.54, 1.807) is 0 Å². The van der Waals surface area contributed by atoms with Crippen molar-refractivity contribution < 1.29 is 0 Å². The van der Waals surface area contributed by atoms with Gasteiger partial charge in [0.2, 0.25) is 0 Å². The number of aromatic nitrogens is 1. The lowest BCUT2D eigenvalue weighted by Crippen LogP contribution is -2.35. The van der Waals surface area contributed by atoms with E-state index in [1.165, 1.54) is 5.56 Å².